The minimum atomic E-state index is -0.560. The molecule has 2 aliphatic rings. The monoisotopic (exact) mass is 845 g/mol. The van der Waals surface area contributed by atoms with Gasteiger partial charge in [0.25, 0.3) is 0 Å². The third-order valence-electron chi connectivity index (χ3n) is 15.0. The van der Waals surface area contributed by atoms with Gasteiger partial charge >= 0.3 is 0 Å². The number of fused-ring (bicyclic) bond motifs is 7. The van der Waals surface area contributed by atoms with Crippen LogP contribution in [-0.2, 0) is 16.2 Å². The second-order valence-corrected chi connectivity index (χ2v) is 19.2. The van der Waals surface area contributed by atoms with E-state index in [1.165, 1.54) is 88.7 Å². The average Bonchev–Trinajstić information content (AvgIpc) is 3.75. The van der Waals surface area contributed by atoms with Crippen LogP contribution in [0.2, 0.25) is 0 Å². The van der Waals surface area contributed by atoms with E-state index in [0.717, 1.165) is 17.1 Å². The lowest BCUT2D eigenvalue weighted by Gasteiger charge is -2.37. The molecule has 1 nitrogen and oxygen atoms in total. The summed E-state index contributed by atoms with van der Waals surface area (Å²) in [6.07, 6.45) is 0. The zero-order valence-electron chi connectivity index (χ0n) is 38.0. The molecule has 0 N–H and O–H groups in total. The standard InChI is InChI=1S/C65H51N/c1-63(2)57-33-18-17-30-53(57)56-43-50(40-41-59(56)63)66(49-38-36-48(37-39-49)65(45-22-8-5-9-23-45,46-24-10-6-11-25-46)47-26-12-7-13-27-47)60-42-35-44-21-14-15-28-51(44)61(60)55-32-20-31-54-52-29-16-19-34-58(52)64(3,4)62(54)55/h5-43H,1-4H3. The molecule has 0 amide bonds. The lowest BCUT2D eigenvalue weighted by atomic mass is 9.65. The molecule has 0 atom stereocenters. The van der Waals surface area contributed by atoms with Gasteiger partial charge in [-0.15, -0.1) is 0 Å². The molecule has 1 heteroatoms. The Hall–Kier alpha value is -7.74. The first-order chi connectivity index (χ1) is 32.3. The highest BCUT2D eigenvalue weighted by Gasteiger charge is 2.41. The number of nitrogens with zero attached hydrogens (tertiary/aromatic N) is 1. The second kappa shape index (κ2) is 15.2. The van der Waals surface area contributed by atoms with E-state index in [9.17, 15) is 0 Å². The van der Waals surface area contributed by atoms with E-state index in [-0.39, 0.29) is 10.8 Å². The third-order valence-corrected chi connectivity index (χ3v) is 15.0. The van der Waals surface area contributed by atoms with Gasteiger partial charge in [0, 0.05) is 27.8 Å². The summed E-state index contributed by atoms with van der Waals surface area (Å²) >= 11 is 0. The maximum atomic E-state index is 2.53. The lowest BCUT2D eigenvalue weighted by molar-refractivity contribution is 0.660. The average molecular weight is 846 g/mol. The van der Waals surface area contributed by atoms with Crippen molar-refractivity contribution in [3.8, 4) is 33.4 Å². The number of hydrogen-bond acceptors (Lipinski definition) is 1. The summed E-state index contributed by atoms with van der Waals surface area (Å²) in [5.74, 6) is 0. The van der Waals surface area contributed by atoms with Crippen molar-refractivity contribution in [2.75, 3.05) is 4.90 Å². The summed E-state index contributed by atoms with van der Waals surface area (Å²) in [5.41, 5.74) is 20.6. The molecule has 0 fully saturated rings. The Bertz CT molecular complexity index is 3360. The van der Waals surface area contributed by atoms with E-state index < -0.39 is 5.41 Å². The van der Waals surface area contributed by atoms with E-state index in [4.69, 9.17) is 0 Å². The van der Waals surface area contributed by atoms with Gasteiger partial charge in [0.05, 0.1) is 11.1 Å². The number of rotatable bonds is 8. The van der Waals surface area contributed by atoms with Gasteiger partial charge in [0.2, 0.25) is 0 Å². The third kappa shape index (κ3) is 5.86. The largest absolute Gasteiger partial charge is 0.310 e. The summed E-state index contributed by atoms with van der Waals surface area (Å²) in [5, 5.41) is 2.46. The zero-order valence-corrected chi connectivity index (χ0v) is 38.0. The van der Waals surface area contributed by atoms with Gasteiger partial charge < -0.3 is 4.90 Å². The minimum Gasteiger partial charge on any atom is -0.310 e. The Morgan fingerprint density at radius 1 is 0.333 bits per heavy atom. The van der Waals surface area contributed by atoms with Crippen molar-refractivity contribution in [1.29, 1.82) is 0 Å². The first-order valence-electron chi connectivity index (χ1n) is 23.3. The van der Waals surface area contributed by atoms with Crippen LogP contribution in [0.5, 0.6) is 0 Å². The van der Waals surface area contributed by atoms with E-state index in [1.807, 2.05) is 0 Å². The van der Waals surface area contributed by atoms with Crippen molar-refractivity contribution in [3.63, 3.8) is 0 Å². The molecule has 0 unspecified atom stereocenters. The summed E-state index contributed by atoms with van der Waals surface area (Å²) < 4.78 is 0. The summed E-state index contributed by atoms with van der Waals surface area (Å²) in [4.78, 5) is 2.53. The van der Waals surface area contributed by atoms with Crippen molar-refractivity contribution in [3.05, 3.63) is 281 Å². The highest BCUT2D eigenvalue weighted by molar-refractivity contribution is 6.08. The molecule has 0 heterocycles. The number of hydrogen-bond donors (Lipinski definition) is 0. The molecule has 0 spiro atoms. The molecule has 0 bridgehead atoms. The molecule has 316 valence electrons. The quantitative estimate of drug-likeness (QED) is 0.138. The lowest BCUT2D eigenvalue weighted by Crippen LogP contribution is -2.31. The Morgan fingerprint density at radius 2 is 0.803 bits per heavy atom. The van der Waals surface area contributed by atoms with Gasteiger partial charge in [-0.1, -0.05) is 234 Å². The topological polar surface area (TPSA) is 3.24 Å². The Kier molecular flexibility index (Phi) is 9.16. The number of benzene rings is 10. The molecule has 2 aliphatic carbocycles. The fourth-order valence-electron chi connectivity index (χ4n) is 12.0. The first-order valence-corrected chi connectivity index (χ1v) is 23.3. The summed E-state index contributed by atoms with van der Waals surface area (Å²) in [6, 6.07) is 88.3. The van der Waals surface area contributed by atoms with Crippen LogP contribution < -0.4 is 4.90 Å². The molecule has 10 aromatic carbocycles. The Balaban J connectivity index is 1.14. The normalized spacial score (nSPS) is 14.0. The van der Waals surface area contributed by atoms with Gasteiger partial charge in [0.15, 0.2) is 0 Å². The van der Waals surface area contributed by atoms with Crippen LogP contribution >= 0.6 is 0 Å². The second-order valence-electron chi connectivity index (χ2n) is 19.2. The van der Waals surface area contributed by atoms with Crippen molar-refractivity contribution in [2.45, 2.75) is 43.9 Å². The SMILES string of the molecule is CC1(C)c2ccccc2-c2cc(N(c3ccc(C(c4ccccc4)(c4ccccc4)c4ccccc4)cc3)c3ccc4ccccc4c3-c3cccc4c3C(C)(C)c3ccccc3-4)ccc21. The maximum absolute atomic E-state index is 2.53. The van der Waals surface area contributed by atoms with Crippen LogP contribution in [0.1, 0.15) is 72.2 Å². The van der Waals surface area contributed by atoms with Gasteiger partial charge in [-0.25, -0.2) is 0 Å². The van der Waals surface area contributed by atoms with E-state index in [1.54, 1.807) is 0 Å². The Labute approximate surface area is 389 Å². The molecule has 0 saturated heterocycles. The molecule has 0 radical (unpaired) electrons. The van der Waals surface area contributed by atoms with Crippen molar-refractivity contribution >= 4 is 27.8 Å². The minimum absolute atomic E-state index is 0.105. The molecular weight excluding hydrogens is 795 g/mol. The predicted octanol–water partition coefficient (Wildman–Crippen LogP) is 17.0. The van der Waals surface area contributed by atoms with Crippen molar-refractivity contribution in [2.24, 2.45) is 0 Å². The van der Waals surface area contributed by atoms with Crippen LogP contribution in [0.4, 0.5) is 17.1 Å². The maximum Gasteiger partial charge on any atom is 0.0701 e. The van der Waals surface area contributed by atoms with Crippen LogP contribution in [0.15, 0.2) is 237 Å². The van der Waals surface area contributed by atoms with Crippen LogP contribution in [0.25, 0.3) is 44.2 Å². The van der Waals surface area contributed by atoms with Crippen LogP contribution in [-0.4, -0.2) is 0 Å². The highest BCUT2D eigenvalue weighted by atomic mass is 15.1. The predicted molar refractivity (Wildman–Crippen MR) is 278 cm³/mol. The van der Waals surface area contributed by atoms with Gasteiger partial charge in [0.1, 0.15) is 0 Å². The van der Waals surface area contributed by atoms with E-state index in [0.29, 0.717) is 0 Å². The smallest absolute Gasteiger partial charge is 0.0701 e. The molecule has 0 saturated carbocycles. The van der Waals surface area contributed by atoms with Gasteiger partial charge in [-0.05, 0) is 113 Å². The fraction of sp³-hybridized carbons (Fsp3) is 0.108. The Morgan fingerprint density at radius 3 is 1.44 bits per heavy atom. The van der Waals surface area contributed by atoms with Gasteiger partial charge in [-0.3, -0.25) is 0 Å². The van der Waals surface area contributed by atoms with Crippen LogP contribution in [0, 0.1) is 0 Å². The van der Waals surface area contributed by atoms with Gasteiger partial charge in [-0.2, -0.15) is 0 Å². The number of anilines is 3. The van der Waals surface area contributed by atoms with E-state index in [2.05, 4.69) is 269 Å². The summed E-state index contributed by atoms with van der Waals surface area (Å²) in [6.45, 7) is 9.54. The molecule has 0 aliphatic heterocycles. The molecular formula is C65H51N. The fourth-order valence-corrected chi connectivity index (χ4v) is 12.0. The summed E-state index contributed by atoms with van der Waals surface area (Å²) in [7, 11) is 0. The molecule has 66 heavy (non-hydrogen) atoms. The van der Waals surface area contributed by atoms with Crippen molar-refractivity contribution in [1.82, 2.24) is 0 Å². The zero-order chi connectivity index (χ0) is 44.6. The molecule has 10 aromatic rings. The van der Waals surface area contributed by atoms with Crippen LogP contribution in [0.3, 0.4) is 0 Å². The van der Waals surface area contributed by atoms with Crippen molar-refractivity contribution < 1.29 is 0 Å². The first kappa shape index (κ1) is 39.8. The molecule has 0 aromatic heterocycles. The molecule has 12 rings (SSSR count). The highest BCUT2D eigenvalue weighted by Crippen LogP contribution is 2.56. The van der Waals surface area contributed by atoms with E-state index >= 15 is 0 Å².